The largest absolute Gasteiger partial charge is 0.333 e. The molecule has 20 heavy (non-hydrogen) atoms. The van der Waals surface area contributed by atoms with Crippen molar-refractivity contribution in [2.75, 3.05) is 13.1 Å². The van der Waals surface area contributed by atoms with Crippen LogP contribution in [-0.2, 0) is 0 Å². The van der Waals surface area contributed by atoms with Gasteiger partial charge in [-0.05, 0) is 32.7 Å². The number of nitrogens with zero attached hydrogens (tertiary/aromatic N) is 5. The third kappa shape index (κ3) is 2.47. The van der Waals surface area contributed by atoms with E-state index in [1.54, 1.807) is 0 Å². The van der Waals surface area contributed by atoms with Crippen molar-refractivity contribution in [1.29, 1.82) is 0 Å². The summed E-state index contributed by atoms with van der Waals surface area (Å²) in [4.78, 5) is 11.1. The van der Waals surface area contributed by atoms with Crippen LogP contribution in [0.25, 0.3) is 0 Å². The third-order valence-electron chi connectivity index (χ3n) is 4.39. The fourth-order valence-corrected chi connectivity index (χ4v) is 2.99. The summed E-state index contributed by atoms with van der Waals surface area (Å²) in [6.45, 7) is 8.57. The second kappa shape index (κ2) is 5.36. The first kappa shape index (κ1) is 13.3. The molecule has 1 aliphatic heterocycles. The highest BCUT2D eigenvalue weighted by Crippen LogP contribution is 2.31. The average Bonchev–Trinajstić information content (AvgIpc) is 3.09. The molecule has 108 valence electrons. The van der Waals surface area contributed by atoms with Crippen molar-refractivity contribution in [3.05, 3.63) is 30.4 Å². The number of aromatic nitrogens is 5. The van der Waals surface area contributed by atoms with E-state index in [0.717, 1.165) is 24.7 Å². The minimum atomic E-state index is 0.249. The summed E-state index contributed by atoms with van der Waals surface area (Å²) in [6, 6.07) is 0.729. The monoisotopic (exact) mass is 274 g/mol. The molecule has 0 bridgehead atoms. The summed E-state index contributed by atoms with van der Waals surface area (Å²) in [6.07, 6.45) is 7.03. The lowest BCUT2D eigenvalue weighted by molar-refractivity contribution is 0.0951. The quantitative estimate of drug-likeness (QED) is 0.929. The van der Waals surface area contributed by atoms with Gasteiger partial charge in [0.15, 0.2) is 5.82 Å². The van der Waals surface area contributed by atoms with E-state index in [1.807, 2.05) is 19.4 Å². The van der Waals surface area contributed by atoms with Gasteiger partial charge in [0.25, 0.3) is 0 Å². The molecule has 3 unspecified atom stereocenters. The molecule has 1 saturated heterocycles. The summed E-state index contributed by atoms with van der Waals surface area (Å²) >= 11 is 0. The van der Waals surface area contributed by atoms with Crippen molar-refractivity contribution < 1.29 is 0 Å². The molecule has 3 heterocycles. The van der Waals surface area contributed by atoms with Gasteiger partial charge in [-0.15, -0.1) is 0 Å². The molecule has 2 aromatic rings. The normalized spacial score (nSPS) is 25.8. The molecular weight excluding hydrogens is 252 g/mol. The van der Waals surface area contributed by atoms with Crippen LogP contribution in [0, 0.1) is 12.8 Å². The highest BCUT2D eigenvalue weighted by atomic mass is 15.3. The molecule has 0 spiro atoms. The van der Waals surface area contributed by atoms with Crippen molar-refractivity contribution >= 4 is 0 Å². The second-order valence-electron chi connectivity index (χ2n) is 5.79. The molecule has 3 rings (SSSR count). The zero-order valence-corrected chi connectivity index (χ0v) is 12.3. The average molecular weight is 274 g/mol. The first-order chi connectivity index (χ1) is 9.65. The summed E-state index contributed by atoms with van der Waals surface area (Å²) in [5.74, 6) is 2.44. The summed E-state index contributed by atoms with van der Waals surface area (Å²) in [5, 5.41) is 7.23. The Hall–Kier alpha value is -1.69. The van der Waals surface area contributed by atoms with Crippen molar-refractivity contribution in [3.63, 3.8) is 0 Å². The minimum Gasteiger partial charge on any atom is -0.333 e. The molecule has 6 nitrogen and oxygen atoms in total. The van der Waals surface area contributed by atoms with Crippen LogP contribution in [-0.4, -0.2) is 42.7 Å². The highest BCUT2D eigenvalue weighted by Gasteiger charge is 2.31. The Morgan fingerprint density at radius 1 is 1.45 bits per heavy atom. The number of H-pyrrole nitrogens is 1. The molecule has 1 fully saturated rings. The number of aromatic amines is 1. The molecule has 0 amide bonds. The number of likely N-dealkylation sites (tertiary alicyclic amines) is 1. The van der Waals surface area contributed by atoms with Gasteiger partial charge in [0.05, 0.1) is 12.4 Å². The number of piperidine rings is 1. The van der Waals surface area contributed by atoms with Crippen LogP contribution >= 0.6 is 0 Å². The molecule has 1 N–H and O–H groups in total. The van der Waals surface area contributed by atoms with Gasteiger partial charge in [0.1, 0.15) is 5.82 Å². The summed E-state index contributed by atoms with van der Waals surface area (Å²) < 4.78 is 2.23. The Kier molecular flexibility index (Phi) is 3.56. The third-order valence-corrected chi connectivity index (χ3v) is 4.39. The number of hydrogen-bond donors (Lipinski definition) is 1. The zero-order chi connectivity index (χ0) is 14.1. The van der Waals surface area contributed by atoms with Gasteiger partial charge in [0.2, 0.25) is 0 Å². The van der Waals surface area contributed by atoms with E-state index < -0.39 is 0 Å². The maximum absolute atomic E-state index is 4.47. The Labute approximate surface area is 119 Å². The number of imidazole rings is 1. The van der Waals surface area contributed by atoms with E-state index in [2.05, 4.69) is 49.7 Å². The zero-order valence-electron chi connectivity index (χ0n) is 12.3. The predicted octanol–water partition coefficient (Wildman–Crippen LogP) is 1.95. The summed E-state index contributed by atoms with van der Waals surface area (Å²) in [5.41, 5.74) is 0. The Morgan fingerprint density at radius 3 is 2.95 bits per heavy atom. The molecule has 3 atom stereocenters. The van der Waals surface area contributed by atoms with E-state index >= 15 is 0 Å². The van der Waals surface area contributed by atoms with Crippen molar-refractivity contribution in [2.24, 2.45) is 5.92 Å². The molecule has 0 aromatic carbocycles. The number of rotatable bonds is 3. The molecular formula is C14H22N6. The molecule has 0 radical (unpaired) electrons. The maximum atomic E-state index is 4.47. The Balaban J connectivity index is 1.75. The van der Waals surface area contributed by atoms with Crippen LogP contribution < -0.4 is 0 Å². The lowest BCUT2D eigenvalue weighted by Gasteiger charge is -2.39. The first-order valence-electron chi connectivity index (χ1n) is 7.25. The van der Waals surface area contributed by atoms with Gasteiger partial charge < -0.3 is 4.57 Å². The second-order valence-corrected chi connectivity index (χ2v) is 5.79. The lowest BCUT2D eigenvalue weighted by Crippen LogP contribution is -2.42. The fourth-order valence-electron chi connectivity index (χ4n) is 2.99. The maximum Gasteiger partial charge on any atom is 0.167 e. The number of hydrogen-bond acceptors (Lipinski definition) is 4. The van der Waals surface area contributed by atoms with Gasteiger partial charge in [-0.3, -0.25) is 10.00 Å². The number of nitrogens with one attached hydrogen (secondary N) is 1. The van der Waals surface area contributed by atoms with E-state index in [9.17, 15) is 0 Å². The van der Waals surface area contributed by atoms with Gasteiger partial charge in [-0.1, -0.05) is 6.92 Å². The van der Waals surface area contributed by atoms with Crippen molar-refractivity contribution in [1.82, 2.24) is 29.6 Å². The minimum absolute atomic E-state index is 0.249. The summed E-state index contributed by atoms with van der Waals surface area (Å²) in [7, 11) is 0. The fraction of sp³-hybridized carbons (Fsp3) is 0.643. The SMILES string of the molecule is Cc1nc(C(C)N2CCC(C)C(n3ccnc3)C2)n[nH]1. The van der Waals surface area contributed by atoms with E-state index in [0.29, 0.717) is 12.0 Å². The van der Waals surface area contributed by atoms with Crippen LogP contribution in [0.5, 0.6) is 0 Å². The van der Waals surface area contributed by atoms with Crippen molar-refractivity contribution in [2.45, 2.75) is 39.3 Å². The van der Waals surface area contributed by atoms with Gasteiger partial charge in [0, 0.05) is 25.0 Å². The van der Waals surface area contributed by atoms with Crippen LogP contribution in [0.4, 0.5) is 0 Å². The number of aryl methyl sites for hydroxylation is 1. The van der Waals surface area contributed by atoms with Gasteiger partial charge >= 0.3 is 0 Å². The predicted molar refractivity (Wildman–Crippen MR) is 76.2 cm³/mol. The van der Waals surface area contributed by atoms with Crippen LogP contribution in [0.2, 0.25) is 0 Å². The topological polar surface area (TPSA) is 62.6 Å². The molecule has 1 aliphatic rings. The van der Waals surface area contributed by atoms with Gasteiger partial charge in [-0.25, -0.2) is 9.97 Å². The molecule has 6 heteroatoms. The van der Waals surface area contributed by atoms with Gasteiger partial charge in [-0.2, -0.15) is 5.10 Å². The van der Waals surface area contributed by atoms with Crippen LogP contribution in [0.3, 0.4) is 0 Å². The standard InChI is InChI=1S/C14H22N6/c1-10-4-6-19(8-13(10)20-7-5-15-9-20)11(2)14-16-12(3)17-18-14/h5,7,9-11,13H,4,6,8H2,1-3H3,(H,16,17,18). The van der Waals surface area contributed by atoms with Crippen LogP contribution in [0.1, 0.15) is 44.0 Å². The Bertz CT molecular complexity index is 546. The molecule has 2 aromatic heterocycles. The van der Waals surface area contributed by atoms with E-state index in [1.165, 1.54) is 6.42 Å². The van der Waals surface area contributed by atoms with Crippen LogP contribution in [0.15, 0.2) is 18.7 Å². The Morgan fingerprint density at radius 2 is 2.30 bits per heavy atom. The molecule has 0 aliphatic carbocycles. The smallest absolute Gasteiger partial charge is 0.167 e. The van der Waals surface area contributed by atoms with E-state index in [4.69, 9.17) is 0 Å². The highest BCUT2D eigenvalue weighted by molar-refractivity contribution is 4.97. The van der Waals surface area contributed by atoms with Crippen molar-refractivity contribution in [3.8, 4) is 0 Å². The van der Waals surface area contributed by atoms with E-state index in [-0.39, 0.29) is 6.04 Å². The molecule has 0 saturated carbocycles. The first-order valence-corrected chi connectivity index (χ1v) is 7.25. The lowest BCUT2D eigenvalue weighted by atomic mass is 9.92.